The Bertz CT molecular complexity index is 441. The number of aliphatic hydroxyl groups is 1. The zero-order chi connectivity index (χ0) is 12.3. The second-order valence-corrected chi connectivity index (χ2v) is 3.57. The second kappa shape index (κ2) is 4.81. The van der Waals surface area contributed by atoms with Gasteiger partial charge in [0, 0.05) is 11.3 Å². The van der Waals surface area contributed by atoms with Crippen LogP contribution in [0.4, 0.5) is 0 Å². The summed E-state index contributed by atoms with van der Waals surface area (Å²) in [6.07, 6.45) is -0.645. The Morgan fingerprint density at radius 2 is 2.25 bits per heavy atom. The van der Waals surface area contributed by atoms with E-state index in [9.17, 15) is 9.90 Å². The van der Waals surface area contributed by atoms with E-state index >= 15 is 0 Å². The van der Waals surface area contributed by atoms with Crippen LogP contribution in [0.3, 0.4) is 0 Å². The highest BCUT2D eigenvalue weighted by atomic mass is 16.5. The summed E-state index contributed by atoms with van der Waals surface area (Å²) in [4.78, 5) is 14.4. The van der Waals surface area contributed by atoms with Crippen molar-refractivity contribution in [2.45, 2.75) is 26.9 Å². The maximum Gasteiger partial charge on any atom is 0.356 e. The van der Waals surface area contributed by atoms with E-state index in [0.29, 0.717) is 16.8 Å². The first-order valence-corrected chi connectivity index (χ1v) is 4.90. The Kier molecular flexibility index (Phi) is 3.69. The normalized spacial score (nSPS) is 11.9. The number of esters is 1. The zero-order valence-corrected chi connectivity index (χ0v) is 9.50. The molecule has 0 saturated carbocycles. The minimum Gasteiger partial charge on any atom is -0.446 e. The van der Waals surface area contributed by atoms with Gasteiger partial charge in [-0.15, -0.1) is 0 Å². The highest BCUT2D eigenvalue weighted by Crippen LogP contribution is 2.24. The minimum absolute atomic E-state index is 0.277. The Morgan fingerprint density at radius 1 is 1.62 bits per heavy atom. The van der Waals surface area contributed by atoms with E-state index in [1.165, 1.54) is 0 Å². The van der Waals surface area contributed by atoms with E-state index in [1.807, 2.05) is 0 Å². The first kappa shape index (κ1) is 12.3. The molecule has 1 aromatic rings. The number of carbonyl (C=O) groups is 1. The summed E-state index contributed by atoms with van der Waals surface area (Å²) in [7, 11) is 0. The molecule has 86 valence electrons. The van der Waals surface area contributed by atoms with Gasteiger partial charge in [-0.25, -0.2) is 4.79 Å². The summed E-state index contributed by atoms with van der Waals surface area (Å²) in [5, 5.41) is 17.8. The summed E-state index contributed by atoms with van der Waals surface area (Å²) in [5.41, 5.74) is 2.39. The van der Waals surface area contributed by atoms with Crippen molar-refractivity contribution < 1.29 is 14.6 Å². The summed E-state index contributed by atoms with van der Waals surface area (Å²) < 4.78 is 4.69. The van der Waals surface area contributed by atoms with Crippen LogP contribution in [0.25, 0.3) is 0 Å². The molecule has 5 heteroatoms. The second-order valence-electron chi connectivity index (χ2n) is 3.57. The van der Waals surface area contributed by atoms with Crippen molar-refractivity contribution in [1.29, 1.82) is 5.26 Å². The SMILES string of the molecule is Cc1[nH]c(C(=O)OCC#N)c(C)c1[C@H](C)O. The molecule has 0 aliphatic rings. The number of ether oxygens (including phenoxy) is 1. The molecule has 5 nitrogen and oxygen atoms in total. The van der Waals surface area contributed by atoms with Gasteiger partial charge in [-0.2, -0.15) is 5.26 Å². The largest absolute Gasteiger partial charge is 0.446 e. The van der Waals surface area contributed by atoms with Crippen LogP contribution in [0.5, 0.6) is 0 Å². The zero-order valence-electron chi connectivity index (χ0n) is 9.50. The molecular formula is C11H14N2O3. The van der Waals surface area contributed by atoms with Gasteiger partial charge in [0.15, 0.2) is 6.61 Å². The van der Waals surface area contributed by atoms with Gasteiger partial charge < -0.3 is 14.8 Å². The lowest BCUT2D eigenvalue weighted by Crippen LogP contribution is -2.07. The molecule has 0 saturated heterocycles. The maximum absolute atomic E-state index is 11.5. The Morgan fingerprint density at radius 3 is 2.69 bits per heavy atom. The lowest BCUT2D eigenvalue weighted by molar-refractivity contribution is 0.0548. The minimum atomic E-state index is -0.645. The van der Waals surface area contributed by atoms with Crippen LogP contribution in [0.2, 0.25) is 0 Å². The number of aromatic amines is 1. The van der Waals surface area contributed by atoms with Crippen molar-refractivity contribution in [2.24, 2.45) is 0 Å². The number of hydrogen-bond acceptors (Lipinski definition) is 4. The lowest BCUT2D eigenvalue weighted by atomic mass is 10.1. The number of carbonyl (C=O) groups excluding carboxylic acids is 1. The smallest absolute Gasteiger partial charge is 0.356 e. The van der Waals surface area contributed by atoms with Gasteiger partial charge in [-0.05, 0) is 26.3 Å². The molecule has 2 N–H and O–H groups in total. The summed E-state index contributed by atoms with van der Waals surface area (Å²) in [5.74, 6) is -0.575. The van der Waals surface area contributed by atoms with E-state index in [0.717, 1.165) is 5.69 Å². The Hall–Kier alpha value is -1.80. The van der Waals surface area contributed by atoms with Crippen molar-refractivity contribution in [2.75, 3.05) is 6.61 Å². The number of aromatic nitrogens is 1. The van der Waals surface area contributed by atoms with Gasteiger partial charge >= 0.3 is 5.97 Å². The molecule has 0 spiro atoms. The topological polar surface area (TPSA) is 86.1 Å². The first-order chi connectivity index (χ1) is 7.49. The average Bonchev–Trinajstić information content (AvgIpc) is 2.50. The van der Waals surface area contributed by atoms with E-state index < -0.39 is 12.1 Å². The molecule has 16 heavy (non-hydrogen) atoms. The Balaban J connectivity index is 3.04. The molecule has 0 aliphatic heterocycles. The molecule has 1 aromatic heterocycles. The van der Waals surface area contributed by atoms with Crippen LogP contribution in [-0.2, 0) is 4.74 Å². The molecule has 1 rings (SSSR count). The van der Waals surface area contributed by atoms with Gasteiger partial charge in [-0.3, -0.25) is 0 Å². The molecule has 0 unspecified atom stereocenters. The first-order valence-electron chi connectivity index (χ1n) is 4.90. The lowest BCUT2D eigenvalue weighted by Gasteiger charge is -2.05. The average molecular weight is 222 g/mol. The predicted octanol–water partition coefficient (Wildman–Crippen LogP) is 1.37. The standard InChI is InChI=1S/C11H14N2O3/c1-6-9(8(3)14)7(2)13-10(6)11(15)16-5-4-12/h8,13-14H,5H2,1-3H3/t8-/m0/s1. The quantitative estimate of drug-likeness (QED) is 0.756. The third kappa shape index (κ3) is 2.23. The number of nitriles is 1. The molecular weight excluding hydrogens is 208 g/mol. The van der Waals surface area contributed by atoms with Gasteiger partial charge in [-0.1, -0.05) is 0 Å². The van der Waals surface area contributed by atoms with Crippen LogP contribution in [0.1, 0.15) is 40.3 Å². The highest BCUT2D eigenvalue weighted by molar-refractivity contribution is 5.90. The van der Waals surface area contributed by atoms with Crippen LogP contribution in [0.15, 0.2) is 0 Å². The fourth-order valence-corrected chi connectivity index (χ4v) is 1.77. The van der Waals surface area contributed by atoms with Gasteiger partial charge in [0.25, 0.3) is 0 Å². The predicted molar refractivity (Wildman–Crippen MR) is 56.8 cm³/mol. The van der Waals surface area contributed by atoms with E-state index in [4.69, 9.17) is 10.00 Å². The fraction of sp³-hybridized carbons (Fsp3) is 0.455. The molecule has 0 aromatic carbocycles. The third-order valence-corrected chi connectivity index (χ3v) is 2.39. The summed E-state index contributed by atoms with van der Waals surface area (Å²) in [6.45, 7) is 4.86. The number of nitrogens with one attached hydrogen (secondary N) is 1. The number of rotatable bonds is 3. The molecule has 0 bridgehead atoms. The van der Waals surface area contributed by atoms with E-state index in [2.05, 4.69) is 4.98 Å². The maximum atomic E-state index is 11.5. The molecule has 0 radical (unpaired) electrons. The van der Waals surface area contributed by atoms with Gasteiger partial charge in [0.1, 0.15) is 11.8 Å². The van der Waals surface area contributed by atoms with Gasteiger partial charge in [0.05, 0.1) is 6.10 Å². The molecule has 0 amide bonds. The van der Waals surface area contributed by atoms with Crippen molar-refractivity contribution in [3.63, 3.8) is 0 Å². The van der Waals surface area contributed by atoms with Crippen molar-refractivity contribution in [3.8, 4) is 6.07 Å². The third-order valence-electron chi connectivity index (χ3n) is 2.39. The monoisotopic (exact) mass is 222 g/mol. The van der Waals surface area contributed by atoms with Crippen molar-refractivity contribution in [1.82, 2.24) is 4.98 Å². The van der Waals surface area contributed by atoms with Crippen LogP contribution < -0.4 is 0 Å². The number of H-pyrrole nitrogens is 1. The number of nitrogens with zero attached hydrogens (tertiary/aromatic N) is 1. The molecule has 1 atom stereocenters. The summed E-state index contributed by atoms with van der Waals surface area (Å²) >= 11 is 0. The number of aryl methyl sites for hydroxylation is 1. The van der Waals surface area contributed by atoms with Crippen LogP contribution in [0, 0.1) is 25.2 Å². The van der Waals surface area contributed by atoms with Crippen LogP contribution in [-0.4, -0.2) is 22.7 Å². The van der Waals surface area contributed by atoms with Gasteiger partial charge in [0.2, 0.25) is 0 Å². The van der Waals surface area contributed by atoms with E-state index in [1.54, 1.807) is 26.8 Å². The summed E-state index contributed by atoms with van der Waals surface area (Å²) in [6, 6.07) is 1.73. The van der Waals surface area contributed by atoms with E-state index in [-0.39, 0.29) is 6.61 Å². The highest BCUT2D eigenvalue weighted by Gasteiger charge is 2.20. The number of aliphatic hydroxyl groups excluding tert-OH is 1. The fourth-order valence-electron chi connectivity index (χ4n) is 1.77. The van der Waals surface area contributed by atoms with Crippen molar-refractivity contribution >= 4 is 5.97 Å². The van der Waals surface area contributed by atoms with Crippen LogP contribution >= 0.6 is 0 Å². The Labute approximate surface area is 93.7 Å². The molecule has 0 fully saturated rings. The molecule has 0 aliphatic carbocycles. The van der Waals surface area contributed by atoms with Crippen molar-refractivity contribution in [3.05, 3.63) is 22.5 Å². The molecule has 1 heterocycles. The number of hydrogen-bond donors (Lipinski definition) is 2.